The van der Waals surface area contributed by atoms with Crippen LogP contribution in [0.2, 0.25) is 0 Å². The molecule has 27 heavy (non-hydrogen) atoms. The maximum Gasteiger partial charge on any atom is 0.319 e. The summed E-state index contributed by atoms with van der Waals surface area (Å²) < 4.78 is 15.5. The van der Waals surface area contributed by atoms with Crippen molar-refractivity contribution in [3.8, 4) is 5.69 Å². The second-order valence-corrected chi connectivity index (χ2v) is 6.07. The molecule has 1 aromatic heterocycles. The number of halogens is 1. The highest BCUT2D eigenvalue weighted by molar-refractivity contribution is 5.89. The van der Waals surface area contributed by atoms with Crippen molar-refractivity contribution >= 4 is 22.6 Å². The van der Waals surface area contributed by atoms with Crippen LogP contribution in [0.25, 0.3) is 16.6 Å². The van der Waals surface area contributed by atoms with Crippen molar-refractivity contribution in [3.63, 3.8) is 0 Å². The Hall–Kier alpha value is -3.26. The molecule has 3 aromatic rings. The second-order valence-electron chi connectivity index (χ2n) is 6.07. The largest absolute Gasteiger partial charge is 0.338 e. The standard InChI is InChI=1S/C19H20FN5O2/c1-3-22-19(27)23-12-6-4-7-13(10-12)25-17(11(2)21)24-16-14(18(25)26)8-5-9-15(16)20/h4-11H,3,21H2,1-2H3,(H2,22,23,27)/t11-/m0/s1. The van der Waals surface area contributed by atoms with Crippen LogP contribution >= 0.6 is 0 Å². The molecule has 140 valence electrons. The summed E-state index contributed by atoms with van der Waals surface area (Å²) in [5, 5.41) is 5.48. The van der Waals surface area contributed by atoms with Crippen LogP contribution in [0.15, 0.2) is 47.3 Å². The van der Waals surface area contributed by atoms with E-state index in [1.165, 1.54) is 22.8 Å². The molecular weight excluding hydrogens is 349 g/mol. The lowest BCUT2D eigenvalue weighted by atomic mass is 10.2. The van der Waals surface area contributed by atoms with Crippen LogP contribution in [0.4, 0.5) is 14.9 Å². The zero-order chi connectivity index (χ0) is 19.6. The van der Waals surface area contributed by atoms with E-state index < -0.39 is 17.4 Å². The van der Waals surface area contributed by atoms with E-state index in [0.29, 0.717) is 17.9 Å². The average Bonchev–Trinajstić information content (AvgIpc) is 2.62. The van der Waals surface area contributed by atoms with Crippen molar-refractivity contribution in [2.24, 2.45) is 5.73 Å². The maximum absolute atomic E-state index is 14.1. The summed E-state index contributed by atoms with van der Waals surface area (Å²) in [5.74, 6) is -0.349. The lowest BCUT2D eigenvalue weighted by Gasteiger charge is -2.17. The molecule has 0 aliphatic rings. The minimum Gasteiger partial charge on any atom is -0.338 e. The monoisotopic (exact) mass is 369 g/mol. The zero-order valence-electron chi connectivity index (χ0n) is 15.0. The zero-order valence-corrected chi connectivity index (χ0v) is 15.0. The molecule has 0 bridgehead atoms. The first kappa shape index (κ1) is 18.5. The van der Waals surface area contributed by atoms with Gasteiger partial charge in [0.1, 0.15) is 17.2 Å². The summed E-state index contributed by atoms with van der Waals surface area (Å²) >= 11 is 0. The van der Waals surface area contributed by atoms with Gasteiger partial charge in [0.15, 0.2) is 0 Å². The number of benzene rings is 2. The van der Waals surface area contributed by atoms with Gasteiger partial charge in [0.05, 0.1) is 17.1 Å². The summed E-state index contributed by atoms with van der Waals surface area (Å²) in [6, 6.07) is 10.00. The van der Waals surface area contributed by atoms with E-state index in [9.17, 15) is 14.0 Å². The lowest BCUT2D eigenvalue weighted by Crippen LogP contribution is -2.29. The third kappa shape index (κ3) is 3.65. The number of fused-ring (bicyclic) bond motifs is 1. The number of rotatable bonds is 4. The maximum atomic E-state index is 14.1. The van der Waals surface area contributed by atoms with Crippen molar-refractivity contribution in [2.75, 3.05) is 11.9 Å². The highest BCUT2D eigenvalue weighted by atomic mass is 19.1. The molecule has 0 fully saturated rings. The van der Waals surface area contributed by atoms with E-state index in [2.05, 4.69) is 15.6 Å². The molecule has 0 unspecified atom stereocenters. The molecule has 0 saturated carbocycles. The molecule has 0 spiro atoms. The summed E-state index contributed by atoms with van der Waals surface area (Å²) in [7, 11) is 0. The van der Waals surface area contributed by atoms with Gasteiger partial charge in [-0.15, -0.1) is 0 Å². The van der Waals surface area contributed by atoms with Gasteiger partial charge in [-0.05, 0) is 44.2 Å². The number of nitrogens with zero attached hydrogens (tertiary/aromatic N) is 2. The van der Waals surface area contributed by atoms with Gasteiger partial charge in [-0.2, -0.15) is 0 Å². The third-order valence-electron chi connectivity index (χ3n) is 3.98. The molecule has 1 heterocycles. The summed E-state index contributed by atoms with van der Waals surface area (Å²) in [6.45, 7) is 3.96. The first-order valence-electron chi connectivity index (χ1n) is 8.54. The van der Waals surface area contributed by atoms with Gasteiger partial charge in [0.25, 0.3) is 5.56 Å². The van der Waals surface area contributed by atoms with Gasteiger partial charge < -0.3 is 16.4 Å². The van der Waals surface area contributed by atoms with Gasteiger partial charge >= 0.3 is 6.03 Å². The Morgan fingerprint density at radius 3 is 2.74 bits per heavy atom. The Labute approximate surface area is 155 Å². The van der Waals surface area contributed by atoms with Crippen molar-refractivity contribution < 1.29 is 9.18 Å². The minimum atomic E-state index is -0.610. The molecule has 4 N–H and O–H groups in total. The normalized spacial score (nSPS) is 12.0. The lowest BCUT2D eigenvalue weighted by molar-refractivity contribution is 0.252. The first-order chi connectivity index (χ1) is 12.9. The average molecular weight is 369 g/mol. The van der Waals surface area contributed by atoms with Crippen molar-refractivity contribution in [3.05, 3.63) is 64.5 Å². The third-order valence-corrected chi connectivity index (χ3v) is 3.98. The van der Waals surface area contributed by atoms with E-state index in [1.807, 2.05) is 6.92 Å². The Morgan fingerprint density at radius 2 is 2.04 bits per heavy atom. The predicted octanol–water partition coefficient (Wildman–Crippen LogP) is 2.69. The number of hydrogen-bond donors (Lipinski definition) is 3. The molecule has 7 nitrogen and oxygen atoms in total. The molecule has 0 aliphatic carbocycles. The van der Waals surface area contributed by atoms with Crippen molar-refractivity contribution in [1.82, 2.24) is 14.9 Å². The number of hydrogen-bond acceptors (Lipinski definition) is 4. The number of amides is 2. The SMILES string of the molecule is CCNC(=O)Nc1cccc(-n2c([C@H](C)N)nc3c(F)cccc3c2=O)c1. The number of carbonyl (C=O) groups is 1. The number of aromatic nitrogens is 2. The Morgan fingerprint density at radius 1 is 1.30 bits per heavy atom. The molecule has 0 saturated heterocycles. The minimum absolute atomic E-state index is 0.0114. The fraction of sp³-hybridized carbons (Fsp3) is 0.211. The molecule has 3 rings (SSSR count). The highest BCUT2D eigenvalue weighted by Gasteiger charge is 2.17. The number of urea groups is 1. The first-order valence-corrected chi connectivity index (χ1v) is 8.54. The van der Waals surface area contributed by atoms with Crippen LogP contribution in [0, 0.1) is 5.82 Å². The Balaban J connectivity index is 2.19. The molecule has 0 radical (unpaired) electrons. The fourth-order valence-electron chi connectivity index (χ4n) is 2.80. The van der Waals surface area contributed by atoms with Gasteiger partial charge in [0.2, 0.25) is 0 Å². The topological polar surface area (TPSA) is 102 Å². The van der Waals surface area contributed by atoms with Crippen LogP contribution in [0.5, 0.6) is 0 Å². The fourth-order valence-corrected chi connectivity index (χ4v) is 2.80. The molecule has 8 heteroatoms. The molecule has 2 aromatic carbocycles. The summed E-state index contributed by atoms with van der Waals surface area (Å²) in [6.07, 6.45) is 0. The van der Waals surface area contributed by atoms with Gasteiger partial charge in [-0.3, -0.25) is 9.36 Å². The summed E-state index contributed by atoms with van der Waals surface area (Å²) in [5.41, 5.74) is 6.53. The van der Waals surface area contributed by atoms with E-state index in [1.54, 1.807) is 31.2 Å². The number of nitrogens with one attached hydrogen (secondary N) is 2. The number of para-hydroxylation sites is 1. The second kappa shape index (κ2) is 7.55. The Bertz CT molecular complexity index is 1060. The van der Waals surface area contributed by atoms with E-state index in [0.717, 1.165) is 0 Å². The van der Waals surface area contributed by atoms with Crippen molar-refractivity contribution in [2.45, 2.75) is 19.9 Å². The number of carbonyl (C=O) groups excluding carboxylic acids is 1. The van der Waals surface area contributed by atoms with Crippen LogP contribution in [-0.2, 0) is 0 Å². The van der Waals surface area contributed by atoms with Gasteiger partial charge in [-0.25, -0.2) is 14.2 Å². The van der Waals surface area contributed by atoms with E-state index >= 15 is 0 Å². The summed E-state index contributed by atoms with van der Waals surface area (Å²) in [4.78, 5) is 29.1. The van der Waals surface area contributed by atoms with Crippen LogP contribution in [-0.4, -0.2) is 22.1 Å². The highest BCUT2D eigenvalue weighted by Crippen LogP contribution is 2.20. The van der Waals surface area contributed by atoms with Crippen LogP contribution < -0.4 is 21.9 Å². The Kier molecular flexibility index (Phi) is 5.18. The molecule has 1 atom stereocenters. The van der Waals surface area contributed by atoms with Gasteiger partial charge in [-0.1, -0.05) is 12.1 Å². The van der Waals surface area contributed by atoms with Crippen LogP contribution in [0.1, 0.15) is 25.7 Å². The number of anilines is 1. The quantitative estimate of drug-likeness (QED) is 0.658. The smallest absolute Gasteiger partial charge is 0.319 e. The van der Waals surface area contributed by atoms with E-state index in [-0.39, 0.29) is 22.8 Å². The molecular formula is C19H20FN5O2. The molecule has 0 aliphatic heterocycles. The predicted molar refractivity (Wildman–Crippen MR) is 103 cm³/mol. The van der Waals surface area contributed by atoms with Crippen molar-refractivity contribution in [1.29, 1.82) is 0 Å². The van der Waals surface area contributed by atoms with Gasteiger partial charge in [0, 0.05) is 12.2 Å². The molecule has 2 amide bonds. The van der Waals surface area contributed by atoms with E-state index in [4.69, 9.17) is 5.73 Å². The van der Waals surface area contributed by atoms with Crippen LogP contribution in [0.3, 0.4) is 0 Å². The number of nitrogens with two attached hydrogens (primary N) is 1.